The fourth-order valence-corrected chi connectivity index (χ4v) is 1.55. The van der Waals surface area contributed by atoms with Gasteiger partial charge in [-0.1, -0.05) is 5.16 Å². The van der Waals surface area contributed by atoms with Gasteiger partial charge in [0, 0.05) is 24.5 Å². The van der Waals surface area contributed by atoms with Crippen LogP contribution in [0.3, 0.4) is 0 Å². The molecule has 0 aromatic carbocycles. The van der Waals surface area contributed by atoms with E-state index < -0.39 is 0 Å². The molecule has 1 N–H and O–H groups in total. The number of aromatic nitrogens is 4. The highest BCUT2D eigenvalue weighted by Gasteiger charge is 2.00. The second-order valence-corrected chi connectivity index (χ2v) is 3.42. The second-order valence-electron chi connectivity index (χ2n) is 2.67. The molecular weight excluding hydrogens is 202 g/mol. The smallest absolute Gasteiger partial charge is 0.213 e. The van der Waals surface area contributed by atoms with Crippen LogP contribution in [-0.2, 0) is 6.42 Å². The van der Waals surface area contributed by atoms with Crippen LogP contribution in [0, 0.1) is 6.92 Å². The summed E-state index contributed by atoms with van der Waals surface area (Å²) < 4.78 is 8.66. The number of hydrogen-bond donors (Lipinski definition) is 1. The third-order valence-electron chi connectivity index (χ3n) is 1.56. The molecule has 0 fully saturated rings. The number of nitrogens with zero attached hydrogens (tertiary/aromatic N) is 4. The van der Waals surface area contributed by atoms with Crippen LogP contribution in [0.2, 0.25) is 0 Å². The molecular formula is C7H9N5OS. The van der Waals surface area contributed by atoms with Crippen LogP contribution in [0.25, 0.3) is 0 Å². The van der Waals surface area contributed by atoms with Gasteiger partial charge in [-0.2, -0.15) is 9.36 Å². The Morgan fingerprint density at radius 1 is 1.57 bits per heavy atom. The largest absolute Gasteiger partial charge is 0.360 e. The van der Waals surface area contributed by atoms with Gasteiger partial charge in [0.15, 0.2) is 5.82 Å². The molecule has 0 aliphatic rings. The summed E-state index contributed by atoms with van der Waals surface area (Å²) in [7, 11) is 0. The number of hydrogen-bond acceptors (Lipinski definition) is 7. The average molecular weight is 211 g/mol. The van der Waals surface area contributed by atoms with E-state index in [2.05, 4.69) is 29.3 Å². The topological polar surface area (TPSA) is 76.7 Å². The minimum absolute atomic E-state index is 0.693. The molecule has 0 amide bonds. The van der Waals surface area contributed by atoms with Gasteiger partial charge >= 0.3 is 0 Å². The highest BCUT2D eigenvalue weighted by Crippen LogP contribution is 2.09. The molecule has 0 radical (unpaired) electrons. The molecule has 0 spiro atoms. The monoisotopic (exact) mass is 211 g/mol. The molecule has 0 unspecified atom stereocenters. The molecule has 0 saturated carbocycles. The molecule has 2 heterocycles. The number of anilines is 1. The van der Waals surface area contributed by atoms with E-state index >= 15 is 0 Å². The SMILES string of the molecule is Cc1nsc(NCCc2ncon2)n1. The molecule has 0 aliphatic carbocycles. The molecule has 0 atom stereocenters. The summed E-state index contributed by atoms with van der Waals surface area (Å²) in [4.78, 5) is 8.06. The Bertz CT molecular complexity index is 384. The summed E-state index contributed by atoms with van der Waals surface area (Å²) in [5, 5.41) is 7.65. The summed E-state index contributed by atoms with van der Waals surface area (Å²) in [6.45, 7) is 2.59. The normalized spacial score (nSPS) is 10.4. The molecule has 14 heavy (non-hydrogen) atoms. The lowest BCUT2D eigenvalue weighted by atomic mass is 10.4. The highest BCUT2D eigenvalue weighted by molar-refractivity contribution is 7.09. The number of nitrogens with one attached hydrogen (secondary N) is 1. The maximum Gasteiger partial charge on any atom is 0.213 e. The van der Waals surface area contributed by atoms with Crippen LogP contribution >= 0.6 is 11.5 Å². The van der Waals surface area contributed by atoms with Crippen molar-refractivity contribution in [1.82, 2.24) is 19.5 Å². The van der Waals surface area contributed by atoms with Gasteiger partial charge in [0.05, 0.1) is 0 Å². The van der Waals surface area contributed by atoms with E-state index in [0.29, 0.717) is 5.82 Å². The first-order valence-corrected chi connectivity index (χ1v) is 4.91. The predicted molar refractivity (Wildman–Crippen MR) is 51.1 cm³/mol. The van der Waals surface area contributed by atoms with Crippen molar-refractivity contribution >= 4 is 16.7 Å². The summed E-state index contributed by atoms with van der Waals surface area (Å²) in [6.07, 6.45) is 2.04. The zero-order valence-electron chi connectivity index (χ0n) is 7.60. The van der Waals surface area contributed by atoms with Gasteiger partial charge in [-0.05, 0) is 6.92 Å². The van der Waals surface area contributed by atoms with Gasteiger partial charge in [0.25, 0.3) is 0 Å². The molecule has 2 rings (SSSR count). The van der Waals surface area contributed by atoms with Crippen LogP contribution in [0.5, 0.6) is 0 Å². The second kappa shape index (κ2) is 4.14. The van der Waals surface area contributed by atoms with Gasteiger partial charge in [0.1, 0.15) is 5.82 Å². The van der Waals surface area contributed by atoms with E-state index in [-0.39, 0.29) is 0 Å². The van der Waals surface area contributed by atoms with Gasteiger partial charge in [0.2, 0.25) is 11.5 Å². The van der Waals surface area contributed by atoms with Crippen molar-refractivity contribution in [2.45, 2.75) is 13.3 Å². The number of rotatable bonds is 4. The summed E-state index contributed by atoms with van der Waals surface area (Å²) in [5.41, 5.74) is 0. The van der Waals surface area contributed by atoms with Crippen molar-refractivity contribution in [2.75, 3.05) is 11.9 Å². The van der Waals surface area contributed by atoms with E-state index in [1.165, 1.54) is 17.9 Å². The molecule has 2 aromatic rings. The van der Waals surface area contributed by atoms with Gasteiger partial charge < -0.3 is 9.84 Å². The maximum absolute atomic E-state index is 4.61. The lowest BCUT2D eigenvalue weighted by Crippen LogP contribution is -2.05. The third-order valence-corrected chi connectivity index (χ3v) is 2.32. The zero-order chi connectivity index (χ0) is 9.80. The Morgan fingerprint density at radius 3 is 3.14 bits per heavy atom. The van der Waals surface area contributed by atoms with Crippen molar-refractivity contribution in [3.63, 3.8) is 0 Å². The lowest BCUT2D eigenvalue weighted by molar-refractivity contribution is 0.410. The van der Waals surface area contributed by atoms with E-state index in [1.54, 1.807) is 0 Å². The lowest BCUT2D eigenvalue weighted by Gasteiger charge is -1.97. The Balaban J connectivity index is 1.78. The minimum Gasteiger partial charge on any atom is -0.360 e. The first-order chi connectivity index (χ1) is 6.84. The average Bonchev–Trinajstić information content (AvgIpc) is 2.77. The van der Waals surface area contributed by atoms with Crippen molar-refractivity contribution < 1.29 is 4.52 Å². The van der Waals surface area contributed by atoms with E-state index in [4.69, 9.17) is 0 Å². The molecule has 0 saturated heterocycles. The Morgan fingerprint density at radius 2 is 2.50 bits per heavy atom. The summed E-state index contributed by atoms with van der Waals surface area (Å²) in [6, 6.07) is 0. The molecule has 6 nitrogen and oxygen atoms in total. The fourth-order valence-electron chi connectivity index (χ4n) is 0.953. The van der Waals surface area contributed by atoms with Crippen molar-refractivity contribution in [3.8, 4) is 0 Å². The standard InChI is InChI=1S/C7H9N5OS/c1-5-10-7(14-12-5)8-3-2-6-9-4-13-11-6/h4H,2-3H2,1H3,(H,8,10,12). The highest BCUT2D eigenvalue weighted by atomic mass is 32.1. The Labute approximate surface area is 84.5 Å². The minimum atomic E-state index is 0.693. The van der Waals surface area contributed by atoms with E-state index in [0.717, 1.165) is 23.9 Å². The molecule has 0 bridgehead atoms. The quantitative estimate of drug-likeness (QED) is 0.809. The molecule has 0 aliphatic heterocycles. The van der Waals surface area contributed by atoms with Crippen LogP contribution in [0.1, 0.15) is 11.6 Å². The van der Waals surface area contributed by atoms with Crippen LogP contribution in [0.15, 0.2) is 10.9 Å². The van der Waals surface area contributed by atoms with Gasteiger partial charge in [-0.15, -0.1) is 0 Å². The van der Waals surface area contributed by atoms with E-state index in [9.17, 15) is 0 Å². The first-order valence-electron chi connectivity index (χ1n) is 4.14. The maximum atomic E-state index is 4.61. The Kier molecular flexibility index (Phi) is 2.68. The van der Waals surface area contributed by atoms with Crippen molar-refractivity contribution in [3.05, 3.63) is 18.0 Å². The number of aryl methyl sites for hydroxylation is 1. The summed E-state index contributed by atoms with van der Waals surface area (Å²) in [5.74, 6) is 1.48. The van der Waals surface area contributed by atoms with Crippen molar-refractivity contribution in [2.24, 2.45) is 0 Å². The van der Waals surface area contributed by atoms with Crippen LogP contribution < -0.4 is 5.32 Å². The first kappa shape index (κ1) is 9.07. The van der Waals surface area contributed by atoms with Gasteiger partial charge in [-0.25, -0.2) is 4.98 Å². The van der Waals surface area contributed by atoms with E-state index in [1.807, 2.05) is 6.92 Å². The fraction of sp³-hybridized carbons (Fsp3) is 0.429. The van der Waals surface area contributed by atoms with Crippen LogP contribution in [0.4, 0.5) is 5.13 Å². The molecule has 2 aromatic heterocycles. The Hall–Kier alpha value is -1.50. The third kappa shape index (κ3) is 2.25. The molecule has 7 heteroatoms. The predicted octanol–water partition coefficient (Wildman–Crippen LogP) is 0.884. The van der Waals surface area contributed by atoms with Gasteiger partial charge in [-0.3, -0.25) is 0 Å². The van der Waals surface area contributed by atoms with Crippen LogP contribution in [-0.4, -0.2) is 26.0 Å². The molecule has 74 valence electrons. The van der Waals surface area contributed by atoms with Crippen molar-refractivity contribution in [1.29, 1.82) is 0 Å². The summed E-state index contributed by atoms with van der Waals surface area (Å²) >= 11 is 1.35. The zero-order valence-corrected chi connectivity index (χ0v) is 8.41.